The van der Waals surface area contributed by atoms with Crippen molar-refractivity contribution >= 4 is 41.7 Å². The molecule has 3 aromatic rings. The molecule has 6 heteroatoms. The normalized spacial score (nSPS) is 13.3. The maximum absolute atomic E-state index is 10.5. The summed E-state index contributed by atoms with van der Waals surface area (Å²) in [6.07, 6.45) is 0.803. The first-order valence-corrected chi connectivity index (χ1v) is 17.1. The van der Waals surface area contributed by atoms with Crippen molar-refractivity contribution in [2.24, 2.45) is 0 Å². The van der Waals surface area contributed by atoms with E-state index < -0.39 is 13.5 Å². The van der Waals surface area contributed by atoms with Crippen LogP contribution in [0.2, 0.25) is 0 Å². The van der Waals surface area contributed by atoms with Crippen LogP contribution in [-0.4, -0.2) is 30.7 Å². The molecule has 0 unspecified atom stereocenters. The van der Waals surface area contributed by atoms with Crippen molar-refractivity contribution in [1.29, 1.82) is 0 Å². The Morgan fingerprint density at radius 3 is 1.49 bits per heavy atom. The summed E-state index contributed by atoms with van der Waals surface area (Å²) in [5, 5.41) is 0. The molecule has 1 aliphatic heterocycles. The minimum atomic E-state index is -1.82. The first kappa shape index (κ1) is 27.6. The maximum atomic E-state index is 10.5. The van der Waals surface area contributed by atoms with E-state index in [0.29, 0.717) is 5.56 Å². The van der Waals surface area contributed by atoms with Crippen LogP contribution in [-0.2, 0) is 13.5 Å². The molecule has 0 radical (unpaired) electrons. The van der Waals surface area contributed by atoms with Crippen molar-refractivity contribution in [1.82, 2.24) is 0 Å². The van der Waals surface area contributed by atoms with Gasteiger partial charge in [-0.15, -0.1) is 0 Å². The van der Waals surface area contributed by atoms with Crippen molar-refractivity contribution in [3.05, 3.63) is 93.0 Å². The molecule has 0 spiro atoms. The third kappa shape index (κ3) is 7.03. The fourth-order valence-electron chi connectivity index (χ4n) is 5.09. The fraction of sp³-hybridized carbons (Fsp3) is 0.310. The number of hydrogen-bond acceptors (Lipinski definition) is 3. The Morgan fingerprint density at radius 1 is 0.714 bits per heavy atom. The predicted octanol–water partition coefficient (Wildman–Crippen LogP) is 7.40. The van der Waals surface area contributed by atoms with Crippen LogP contribution in [0.1, 0.15) is 49.3 Å². The zero-order valence-corrected chi connectivity index (χ0v) is 24.6. The number of benzene rings is 3. The third-order valence-electron chi connectivity index (χ3n) is 6.19. The summed E-state index contributed by atoms with van der Waals surface area (Å²) in [6, 6.07) is 16.4. The molecular formula is C29H34Cl2N2ORu. The van der Waals surface area contributed by atoms with Crippen LogP contribution >= 0.6 is 19.4 Å². The van der Waals surface area contributed by atoms with Crippen LogP contribution in [0.5, 0.6) is 0 Å². The molecular weight excluding hydrogens is 564 g/mol. The van der Waals surface area contributed by atoms with Gasteiger partial charge in [-0.1, -0.05) is 35.4 Å². The van der Waals surface area contributed by atoms with Gasteiger partial charge in [0.1, 0.15) is 0 Å². The number of aryl methyl sites for hydroxylation is 6. The van der Waals surface area contributed by atoms with Crippen LogP contribution in [0.25, 0.3) is 0 Å². The van der Waals surface area contributed by atoms with Gasteiger partial charge in [0.15, 0.2) is 0 Å². The van der Waals surface area contributed by atoms with Gasteiger partial charge < -0.3 is 9.80 Å². The molecule has 0 N–H and O–H groups in total. The summed E-state index contributed by atoms with van der Waals surface area (Å²) in [4.78, 5) is 15.6. The quantitative estimate of drug-likeness (QED) is 0.231. The van der Waals surface area contributed by atoms with Crippen LogP contribution in [0.15, 0.2) is 48.5 Å². The van der Waals surface area contributed by atoms with E-state index >= 15 is 0 Å². The van der Waals surface area contributed by atoms with Gasteiger partial charge in [0.25, 0.3) is 0 Å². The van der Waals surface area contributed by atoms with E-state index in [9.17, 15) is 4.79 Å². The molecule has 1 fully saturated rings. The molecule has 1 saturated heterocycles. The zero-order chi connectivity index (χ0) is 25.7. The Hall–Kier alpha value is -2.00. The second-order valence-corrected chi connectivity index (χ2v) is 14.9. The summed E-state index contributed by atoms with van der Waals surface area (Å²) in [5.74, 6) is 0. The third-order valence-corrected chi connectivity index (χ3v) is 8.03. The molecule has 3 nitrogen and oxygen atoms in total. The van der Waals surface area contributed by atoms with Crippen molar-refractivity contribution in [2.75, 3.05) is 29.6 Å². The van der Waals surface area contributed by atoms with Gasteiger partial charge in [-0.3, -0.25) is 0 Å². The predicted molar refractivity (Wildman–Crippen MR) is 150 cm³/mol. The fourth-order valence-corrected chi connectivity index (χ4v) is 6.94. The van der Waals surface area contributed by atoms with Gasteiger partial charge in [-0.2, -0.15) is 0 Å². The Kier molecular flexibility index (Phi) is 9.70. The summed E-state index contributed by atoms with van der Waals surface area (Å²) < 4.78 is 1.76. The summed E-state index contributed by atoms with van der Waals surface area (Å²) in [6.45, 7) is 16.5. The van der Waals surface area contributed by atoms with Gasteiger partial charge in [0, 0.05) is 24.5 Å². The van der Waals surface area contributed by atoms with Gasteiger partial charge in [0.2, 0.25) is 0 Å². The van der Waals surface area contributed by atoms with Gasteiger partial charge >= 0.3 is 84.0 Å². The SMILES string of the molecule is Cc1cc(C)c(N2CCN(c3c(C)cc(C)cc3C)C2)c(C)c1.O=Cc1ccccc1[CH]=[Ru]([Cl])[Cl]. The Bertz CT molecular complexity index is 1140. The molecule has 0 saturated carbocycles. The molecule has 0 bridgehead atoms. The number of hydrogen-bond donors (Lipinski definition) is 0. The molecule has 0 amide bonds. The monoisotopic (exact) mass is 598 g/mol. The van der Waals surface area contributed by atoms with Crippen molar-refractivity contribution in [3.8, 4) is 0 Å². The standard InChI is InChI=1S/C21H28N2.C8H6O.2ClH.Ru/c1-14-9-16(3)20(17(4)10-14)22-7-8-23(13-22)21-18(5)11-15(2)12-19(21)6;1-7-4-2-3-5-8(7)6-9;;;/h9-12H,7-8,13H2,1-6H3;1-6H;2*1H;/q;;;;+2/p-2. The molecule has 35 heavy (non-hydrogen) atoms. The Balaban J connectivity index is 0.000000241. The zero-order valence-electron chi connectivity index (χ0n) is 21.3. The van der Waals surface area contributed by atoms with Gasteiger partial charge in [0.05, 0.1) is 6.67 Å². The number of anilines is 2. The van der Waals surface area contributed by atoms with Crippen molar-refractivity contribution in [3.63, 3.8) is 0 Å². The van der Waals surface area contributed by atoms with Crippen LogP contribution < -0.4 is 9.80 Å². The van der Waals surface area contributed by atoms with E-state index in [1.54, 1.807) is 16.7 Å². The number of halogens is 2. The molecule has 0 aliphatic carbocycles. The molecule has 0 atom stereocenters. The van der Waals surface area contributed by atoms with E-state index in [-0.39, 0.29) is 0 Å². The molecule has 3 aromatic carbocycles. The average Bonchev–Trinajstić information content (AvgIpc) is 3.21. The number of carbonyl (C=O) groups is 1. The minimum absolute atomic E-state index is 0.637. The average molecular weight is 599 g/mol. The second-order valence-electron chi connectivity index (χ2n) is 9.22. The molecule has 1 heterocycles. The summed E-state index contributed by atoms with van der Waals surface area (Å²) in [7, 11) is 11.4. The number of aldehydes is 1. The van der Waals surface area contributed by atoms with Crippen molar-refractivity contribution in [2.45, 2.75) is 41.5 Å². The van der Waals surface area contributed by atoms with E-state index in [4.69, 9.17) is 19.4 Å². The first-order chi connectivity index (χ1) is 16.6. The van der Waals surface area contributed by atoms with Crippen LogP contribution in [0.4, 0.5) is 11.4 Å². The summed E-state index contributed by atoms with van der Waals surface area (Å²) in [5.41, 5.74) is 12.6. The van der Waals surface area contributed by atoms with E-state index in [2.05, 4.69) is 75.6 Å². The van der Waals surface area contributed by atoms with E-state index in [1.807, 2.05) is 12.1 Å². The topological polar surface area (TPSA) is 23.6 Å². The second kappa shape index (κ2) is 12.3. The van der Waals surface area contributed by atoms with Crippen LogP contribution in [0, 0.1) is 41.5 Å². The first-order valence-electron chi connectivity index (χ1n) is 11.6. The summed E-state index contributed by atoms with van der Waals surface area (Å²) >= 11 is -1.82. The number of nitrogens with zero attached hydrogens (tertiary/aromatic N) is 2. The number of carbonyl (C=O) groups excluding carboxylic acids is 1. The Morgan fingerprint density at radius 2 is 1.11 bits per heavy atom. The van der Waals surface area contributed by atoms with Crippen molar-refractivity contribution < 1.29 is 18.3 Å². The molecule has 4 rings (SSSR count). The Labute approximate surface area is 223 Å². The van der Waals surface area contributed by atoms with E-state index in [1.165, 1.54) is 44.8 Å². The van der Waals surface area contributed by atoms with Crippen LogP contribution in [0.3, 0.4) is 0 Å². The molecule has 1 aliphatic rings. The van der Waals surface area contributed by atoms with Gasteiger partial charge in [-0.25, -0.2) is 0 Å². The van der Waals surface area contributed by atoms with E-state index in [0.717, 1.165) is 31.6 Å². The molecule has 0 aromatic heterocycles. The molecule has 188 valence electrons. The number of rotatable bonds is 4. The van der Waals surface area contributed by atoms with Gasteiger partial charge in [-0.05, 0) is 63.8 Å².